The van der Waals surface area contributed by atoms with Crippen LogP contribution in [0.1, 0.15) is 25.3 Å². The molecule has 2 unspecified atom stereocenters. The summed E-state index contributed by atoms with van der Waals surface area (Å²) >= 11 is 0. The molecule has 1 fully saturated rings. The summed E-state index contributed by atoms with van der Waals surface area (Å²) < 4.78 is 1.56. The fraction of sp³-hybridized carbons (Fsp3) is 0.556. The van der Waals surface area contributed by atoms with Crippen molar-refractivity contribution in [2.75, 3.05) is 0 Å². The summed E-state index contributed by atoms with van der Waals surface area (Å²) in [6.07, 6.45) is 4.21. The highest BCUT2D eigenvalue weighted by Crippen LogP contribution is 2.26. The molecule has 0 bridgehead atoms. The molecule has 3 N–H and O–H groups in total. The molecule has 0 aromatic carbocycles. The maximum atomic E-state index is 11.4. The number of hydrogen-bond donors (Lipinski definition) is 2. The van der Waals surface area contributed by atoms with E-state index in [1.54, 1.807) is 10.8 Å². The van der Waals surface area contributed by atoms with Crippen molar-refractivity contribution in [3.63, 3.8) is 0 Å². The van der Waals surface area contributed by atoms with E-state index < -0.39 is 0 Å². The van der Waals surface area contributed by atoms with Crippen molar-refractivity contribution in [2.24, 2.45) is 5.73 Å². The molecule has 0 aliphatic heterocycles. The summed E-state index contributed by atoms with van der Waals surface area (Å²) in [6, 6.07) is 1.69. The highest BCUT2D eigenvalue weighted by molar-refractivity contribution is 4.90. The highest BCUT2D eigenvalue weighted by atomic mass is 16.2. The van der Waals surface area contributed by atoms with Crippen molar-refractivity contribution >= 4 is 0 Å². The summed E-state index contributed by atoms with van der Waals surface area (Å²) in [6.45, 7) is 0. The molecule has 0 radical (unpaired) electrons. The van der Waals surface area contributed by atoms with Gasteiger partial charge in [0.25, 0.3) is 5.56 Å². The summed E-state index contributed by atoms with van der Waals surface area (Å²) in [5.41, 5.74) is 5.07. The highest BCUT2D eigenvalue weighted by Gasteiger charge is 2.23. The molecular weight excluding hydrogens is 182 g/mol. The fourth-order valence-electron chi connectivity index (χ4n) is 1.96. The van der Waals surface area contributed by atoms with Crippen LogP contribution in [0.3, 0.4) is 0 Å². The van der Waals surface area contributed by atoms with Gasteiger partial charge in [-0.1, -0.05) is 0 Å². The number of H-pyrrole nitrogens is 1. The van der Waals surface area contributed by atoms with E-state index in [1.165, 1.54) is 6.07 Å². The number of nitrogens with one attached hydrogen (secondary N) is 1. The maximum absolute atomic E-state index is 11.4. The van der Waals surface area contributed by atoms with Crippen molar-refractivity contribution in [3.8, 4) is 0 Å². The van der Waals surface area contributed by atoms with Gasteiger partial charge in [-0.3, -0.25) is 14.3 Å². The van der Waals surface area contributed by atoms with Crippen LogP contribution in [-0.4, -0.2) is 15.6 Å². The zero-order valence-electron chi connectivity index (χ0n) is 7.77. The SMILES string of the molecule is NC1CCC(n2ccc(=O)[nH]c2=O)C1. The van der Waals surface area contributed by atoms with Crippen molar-refractivity contribution in [1.82, 2.24) is 9.55 Å². The van der Waals surface area contributed by atoms with Gasteiger partial charge in [0.2, 0.25) is 0 Å². The summed E-state index contributed by atoms with van der Waals surface area (Å²) in [5.74, 6) is 0. The van der Waals surface area contributed by atoms with Crippen LogP contribution in [0.15, 0.2) is 21.9 Å². The molecule has 76 valence electrons. The van der Waals surface area contributed by atoms with Gasteiger partial charge in [0.1, 0.15) is 0 Å². The van der Waals surface area contributed by atoms with Gasteiger partial charge in [0, 0.05) is 24.3 Å². The summed E-state index contributed by atoms with van der Waals surface area (Å²) in [7, 11) is 0. The minimum Gasteiger partial charge on any atom is -0.328 e. The van der Waals surface area contributed by atoms with Crippen LogP contribution < -0.4 is 17.0 Å². The first-order valence-electron chi connectivity index (χ1n) is 4.74. The predicted octanol–water partition coefficient (Wildman–Crippen LogP) is -0.411. The topological polar surface area (TPSA) is 80.9 Å². The standard InChI is InChI=1S/C9H13N3O2/c10-6-1-2-7(5-6)12-4-3-8(13)11-9(12)14/h3-4,6-7H,1-2,5,10H2,(H,11,13,14). The van der Waals surface area contributed by atoms with E-state index in [2.05, 4.69) is 4.98 Å². The smallest absolute Gasteiger partial charge is 0.328 e. The lowest BCUT2D eigenvalue weighted by atomic mass is 10.2. The zero-order chi connectivity index (χ0) is 10.1. The third-order valence-corrected chi connectivity index (χ3v) is 2.69. The molecule has 1 aliphatic rings. The molecule has 5 nitrogen and oxygen atoms in total. The minimum absolute atomic E-state index is 0.148. The Labute approximate surface area is 80.6 Å². The van der Waals surface area contributed by atoms with Crippen LogP contribution in [-0.2, 0) is 0 Å². The Kier molecular flexibility index (Phi) is 2.25. The maximum Gasteiger partial charge on any atom is 0.328 e. The third-order valence-electron chi connectivity index (χ3n) is 2.69. The molecular formula is C9H13N3O2. The Hall–Kier alpha value is -1.36. The molecule has 1 saturated carbocycles. The zero-order valence-corrected chi connectivity index (χ0v) is 7.77. The molecule has 1 aromatic heterocycles. The number of aromatic nitrogens is 2. The first kappa shape index (κ1) is 9.21. The van der Waals surface area contributed by atoms with E-state index in [9.17, 15) is 9.59 Å². The lowest BCUT2D eigenvalue weighted by Crippen LogP contribution is -2.31. The van der Waals surface area contributed by atoms with Gasteiger partial charge >= 0.3 is 5.69 Å². The Morgan fingerprint density at radius 1 is 1.43 bits per heavy atom. The van der Waals surface area contributed by atoms with Gasteiger partial charge < -0.3 is 5.73 Å². The largest absolute Gasteiger partial charge is 0.328 e. The second-order valence-electron chi connectivity index (χ2n) is 3.74. The van der Waals surface area contributed by atoms with Crippen molar-refractivity contribution in [1.29, 1.82) is 0 Å². The quantitative estimate of drug-likeness (QED) is 0.639. The Bertz CT molecular complexity index is 434. The molecule has 2 atom stereocenters. The van der Waals surface area contributed by atoms with Crippen LogP contribution in [0.25, 0.3) is 0 Å². The Balaban J connectivity index is 2.33. The molecule has 14 heavy (non-hydrogen) atoms. The monoisotopic (exact) mass is 195 g/mol. The minimum atomic E-state index is -0.353. The average molecular weight is 195 g/mol. The van der Waals surface area contributed by atoms with E-state index in [0.717, 1.165) is 19.3 Å². The lowest BCUT2D eigenvalue weighted by Gasteiger charge is -2.11. The van der Waals surface area contributed by atoms with Crippen LogP contribution in [0.4, 0.5) is 0 Å². The molecule has 1 aromatic rings. The molecule has 1 aliphatic carbocycles. The lowest BCUT2D eigenvalue weighted by molar-refractivity contribution is 0.483. The molecule has 2 rings (SSSR count). The molecule has 0 saturated heterocycles. The second kappa shape index (κ2) is 3.42. The van der Waals surface area contributed by atoms with Gasteiger partial charge in [-0.25, -0.2) is 4.79 Å². The Morgan fingerprint density at radius 2 is 2.21 bits per heavy atom. The first-order valence-corrected chi connectivity index (χ1v) is 4.74. The van der Waals surface area contributed by atoms with E-state index in [4.69, 9.17) is 5.73 Å². The van der Waals surface area contributed by atoms with Crippen LogP contribution >= 0.6 is 0 Å². The van der Waals surface area contributed by atoms with Crippen molar-refractivity contribution in [2.45, 2.75) is 31.3 Å². The average Bonchev–Trinajstić information content (AvgIpc) is 2.51. The number of aromatic amines is 1. The first-order chi connectivity index (χ1) is 6.66. The van der Waals surface area contributed by atoms with Crippen molar-refractivity contribution in [3.05, 3.63) is 33.1 Å². The molecule has 0 spiro atoms. The number of nitrogens with two attached hydrogens (primary N) is 1. The molecule has 0 amide bonds. The fourth-order valence-corrected chi connectivity index (χ4v) is 1.96. The van der Waals surface area contributed by atoms with Gasteiger partial charge in [0.15, 0.2) is 0 Å². The van der Waals surface area contributed by atoms with E-state index in [0.29, 0.717) is 0 Å². The third kappa shape index (κ3) is 1.63. The summed E-state index contributed by atoms with van der Waals surface area (Å²) in [5, 5.41) is 0. The van der Waals surface area contributed by atoms with E-state index in [-0.39, 0.29) is 23.3 Å². The number of hydrogen-bond acceptors (Lipinski definition) is 3. The van der Waals surface area contributed by atoms with Crippen molar-refractivity contribution < 1.29 is 0 Å². The van der Waals surface area contributed by atoms with E-state index >= 15 is 0 Å². The van der Waals surface area contributed by atoms with Gasteiger partial charge in [-0.05, 0) is 19.3 Å². The summed E-state index contributed by atoms with van der Waals surface area (Å²) in [4.78, 5) is 24.5. The molecule has 5 heteroatoms. The number of nitrogens with zero attached hydrogens (tertiary/aromatic N) is 1. The second-order valence-corrected chi connectivity index (χ2v) is 3.74. The van der Waals surface area contributed by atoms with Crippen LogP contribution in [0.2, 0.25) is 0 Å². The van der Waals surface area contributed by atoms with Crippen LogP contribution in [0.5, 0.6) is 0 Å². The van der Waals surface area contributed by atoms with E-state index in [1.807, 2.05) is 0 Å². The predicted molar refractivity (Wildman–Crippen MR) is 52.2 cm³/mol. The Morgan fingerprint density at radius 3 is 2.79 bits per heavy atom. The van der Waals surface area contributed by atoms with Crippen LogP contribution in [0, 0.1) is 0 Å². The number of rotatable bonds is 1. The molecule has 1 heterocycles. The normalized spacial score (nSPS) is 26.6. The van der Waals surface area contributed by atoms with Gasteiger partial charge in [-0.2, -0.15) is 0 Å². The van der Waals surface area contributed by atoms with Gasteiger partial charge in [0.05, 0.1) is 0 Å². The van der Waals surface area contributed by atoms with Gasteiger partial charge in [-0.15, -0.1) is 0 Å².